The number of carbonyl (C=O) groups is 1. The van der Waals surface area contributed by atoms with E-state index in [0.717, 1.165) is 19.0 Å². The van der Waals surface area contributed by atoms with Crippen LogP contribution in [-0.2, 0) is 9.53 Å². The molecule has 2 unspecified atom stereocenters. The average Bonchev–Trinajstić information content (AvgIpc) is 2.38. The first-order valence-electron chi connectivity index (χ1n) is 6.24. The van der Waals surface area contributed by atoms with Gasteiger partial charge in [-0.15, -0.1) is 0 Å². The molecular weight excluding hydrogens is 202 g/mol. The first-order chi connectivity index (χ1) is 7.28. The van der Waals surface area contributed by atoms with Gasteiger partial charge in [0.2, 0.25) is 0 Å². The molecule has 94 valence electrons. The van der Waals surface area contributed by atoms with Crippen LogP contribution in [0.15, 0.2) is 0 Å². The number of hydrogen-bond acceptors (Lipinski definition) is 3. The summed E-state index contributed by atoms with van der Waals surface area (Å²) in [6.45, 7) is 12.2. The van der Waals surface area contributed by atoms with E-state index >= 15 is 0 Å². The molecule has 0 aromatic carbocycles. The van der Waals surface area contributed by atoms with Gasteiger partial charge in [0.05, 0.1) is 6.42 Å². The Morgan fingerprint density at radius 3 is 2.44 bits per heavy atom. The molecule has 2 atom stereocenters. The zero-order valence-electron chi connectivity index (χ0n) is 11.2. The molecule has 0 radical (unpaired) electrons. The second-order valence-corrected chi connectivity index (χ2v) is 6.02. The Morgan fingerprint density at radius 1 is 1.38 bits per heavy atom. The van der Waals surface area contributed by atoms with Gasteiger partial charge in [0, 0.05) is 19.1 Å². The zero-order chi connectivity index (χ0) is 12.3. The summed E-state index contributed by atoms with van der Waals surface area (Å²) < 4.78 is 5.29. The second kappa shape index (κ2) is 5.17. The lowest BCUT2D eigenvalue weighted by atomic mass is 10.1. The van der Waals surface area contributed by atoms with Gasteiger partial charge in [0.1, 0.15) is 5.60 Å². The summed E-state index contributed by atoms with van der Waals surface area (Å²) in [6.07, 6.45) is 1.75. The van der Waals surface area contributed by atoms with Gasteiger partial charge in [0.15, 0.2) is 0 Å². The summed E-state index contributed by atoms with van der Waals surface area (Å²) in [7, 11) is 0. The quantitative estimate of drug-likeness (QED) is 0.694. The maximum atomic E-state index is 11.6. The molecule has 0 amide bonds. The lowest BCUT2D eigenvalue weighted by Gasteiger charge is -2.23. The van der Waals surface area contributed by atoms with Gasteiger partial charge in [-0.05, 0) is 40.0 Å². The van der Waals surface area contributed by atoms with Crippen LogP contribution in [0.4, 0.5) is 0 Å². The molecule has 1 aliphatic heterocycles. The number of ether oxygens (including phenoxy) is 1. The average molecular weight is 227 g/mol. The van der Waals surface area contributed by atoms with Gasteiger partial charge in [-0.3, -0.25) is 9.69 Å². The third kappa shape index (κ3) is 4.52. The van der Waals surface area contributed by atoms with E-state index in [-0.39, 0.29) is 11.6 Å². The normalized spacial score (nSPS) is 27.1. The first kappa shape index (κ1) is 13.5. The topological polar surface area (TPSA) is 29.5 Å². The molecule has 1 rings (SSSR count). The Kier molecular flexibility index (Phi) is 4.36. The monoisotopic (exact) mass is 227 g/mol. The molecule has 0 bridgehead atoms. The smallest absolute Gasteiger partial charge is 0.307 e. The summed E-state index contributed by atoms with van der Waals surface area (Å²) >= 11 is 0. The number of likely N-dealkylation sites (tertiary alicyclic amines) is 1. The largest absolute Gasteiger partial charge is 0.460 e. The minimum atomic E-state index is -0.360. The fraction of sp³-hybridized carbons (Fsp3) is 0.923. The van der Waals surface area contributed by atoms with Gasteiger partial charge in [-0.25, -0.2) is 0 Å². The highest BCUT2D eigenvalue weighted by atomic mass is 16.6. The van der Waals surface area contributed by atoms with E-state index in [1.807, 2.05) is 20.8 Å². The molecule has 0 aliphatic carbocycles. The Morgan fingerprint density at radius 2 is 2.00 bits per heavy atom. The first-order valence-corrected chi connectivity index (χ1v) is 6.24. The molecule has 0 aromatic heterocycles. The van der Waals surface area contributed by atoms with Gasteiger partial charge in [0.25, 0.3) is 0 Å². The minimum Gasteiger partial charge on any atom is -0.460 e. The van der Waals surface area contributed by atoms with Crippen LogP contribution in [0, 0.1) is 5.92 Å². The summed E-state index contributed by atoms with van der Waals surface area (Å²) in [5.41, 5.74) is -0.360. The predicted octanol–water partition coefficient (Wildman–Crippen LogP) is 2.45. The van der Waals surface area contributed by atoms with Crippen LogP contribution < -0.4 is 0 Å². The van der Waals surface area contributed by atoms with Crippen LogP contribution in [0.25, 0.3) is 0 Å². The molecule has 0 aromatic rings. The Bertz CT molecular complexity index is 245. The van der Waals surface area contributed by atoms with Crippen LogP contribution in [0.5, 0.6) is 0 Å². The van der Waals surface area contributed by atoms with Crippen LogP contribution in [0.2, 0.25) is 0 Å². The second-order valence-electron chi connectivity index (χ2n) is 6.02. The Hall–Kier alpha value is -0.570. The van der Waals surface area contributed by atoms with Crippen molar-refractivity contribution in [2.45, 2.75) is 59.1 Å². The molecular formula is C13H25NO2. The number of carbonyl (C=O) groups excluding carboxylic acids is 1. The number of hydrogen-bond donors (Lipinski definition) is 0. The zero-order valence-corrected chi connectivity index (χ0v) is 11.2. The third-order valence-electron chi connectivity index (χ3n) is 2.94. The SMILES string of the molecule is CC1CC(C)N(CCC(=O)OC(C)(C)C)C1. The lowest BCUT2D eigenvalue weighted by Crippen LogP contribution is -2.31. The molecule has 1 heterocycles. The van der Waals surface area contributed by atoms with E-state index in [1.54, 1.807) is 0 Å². The van der Waals surface area contributed by atoms with E-state index in [4.69, 9.17) is 4.74 Å². The summed E-state index contributed by atoms with van der Waals surface area (Å²) in [5.74, 6) is 0.674. The van der Waals surface area contributed by atoms with Crippen molar-refractivity contribution in [3.8, 4) is 0 Å². The van der Waals surface area contributed by atoms with Crippen LogP contribution >= 0.6 is 0 Å². The van der Waals surface area contributed by atoms with E-state index in [0.29, 0.717) is 12.5 Å². The molecule has 0 saturated carbocycles. The van der Waals surface area contributed by atoms with E-state index in [1.165, 1.54) is 6.42 Å². The van der Waals surface area contributed by atoms with Crippen molar-refractivity contribution in [2.75, 3.05) is 13.1 Å². The molecule has 3 heteroatoms. The molecule has 0 N–H and O–H groups in total. The Balaban J connectivity index is 2.27. The maximum Gasteiger partial charge on any atom is 0.307 e. The van der Waals surface area contributed by atoms with Crippen molar-refractivity contribution < 1.29 is 9.53 Å². The fourth-order valence-electron chi connectivity index (χ4n) is 2.33. The summed E-state index contributed by atoms with van der Waals surface area (Å²) in [6, 6.07) is 0.609. The highest BCUT2D eigenvalue weighted by Crippen LogP contribution is 2.22. The molecule has 16 heavy (non-hydrogen) atoms. The number of nitrogens with zero attached hydrogens (tertiary/aromatic N) is 1. The predicted molar refractivity (Wildman–Crippen MR) is 65.3 cm³/mol. The van der Waals surface area contributed by atoms with Gasteiger partial charge < -0.3 is 4.74 Å². The fourth-order valence-corrected chi connectivity index (χ4v) is 2.33. The molecule has 0 spiro atoms. The standard InChI is InChI=1S/C13H25NO2/c1-10-8-11(2)14(9-10)7-6-12(15)16-13(3,4)5/h10-11H,6-9H2,1-5H3. The maximum absolute atomic E-state index is 11.6. The van der Waals surface area contributed by atoms with Crippen molar-refractivity contribution in [1.29, 1.82) is 0 Å². The number of rotatable bonds is 3. The van der Waals surface area contributed by atoms with Gasteiger partial charge in [-0.1, -0.05) is 6.92 Å². The van der Waals surface area contributed by atoms with Gasteiger partial charge >= 0.3 is 5.97 Å². The van der Waals surface area contributed by atoms with Gasteiger partial charge in [-0.2, -0.15) is 0 Å². The van der Waals surface area contributed by atoms with E-state index in [9.17, 15) is 4.79 Å². The van der Waals surface area contributed by atoms with Crippen LogP contribution in [0.1, 0.15) is 47.5 Å². The van der Waals surface area contributed by atoms with Crippen molar-refractivity contribution in [1.82, 2.24) is 4.90 Å². The summed E-state index contributed by atoms with van der Waals surface area (Å²) in [4.78, 5) is 13.9. The molecule has 1 fully saturated rings. The minimum absolute atomic E-state index is 0.0840. The molecule has 1 aliphatic rings. The van der Waals surface area contributed by atoms with E-state index < -0.39 is 0 Å². The highest BCUT2D eigenvalue weighted by molar-refractivity contribution is 5.70. The molecule has 3 nitrogen and oxygen atoms in total. The van der Waals surface area contributed by atoms with Crippen molar-refractivity contribution in [3.63, 3.8) is 0 Å². The van der Waals surface area contributed by atoms with Crippen LogP contribution in [0.3, 0.4) is 0 Å². The van der Waals surface area contributed by atoms with E-state index in [2.05, 4.69) is 18.7 Å². The highest BCUT2D eigenvalue weighted by Gasteiger charge is 2.26. The number of esters is 1. The van der Waals surface area contributed by atoms with Crippen molar-refractivity contribution in [2.24, 2.45) is 5.92 Å². The third-order valence-corrected chi connectivity index (χ3v) is 2.94. The van der Waals surface area contributed by atoms with Crippen molar-refractivity contribution >= 4 is 5.97 Å². The molecule has 1 saturated heterocycles. The van der Waals surface area contributed by atoms with Crippen LogP contribution in [-0.4, -0.2) is 35.6 Å². The van der Waals surface area contributed by atoms with Crippen molar-refractivity contribution in [3.05, 3.63) is 0 Å². The summed E-state index contributed by atoms with van der Waals surface area (Å²) in [5, 5.41) is 0. The Labute approximate surface area is 99.1 Å². The lowest BCUT2D eigenvalue weighted by molar-refractivity contribution is -0.155.